The molecule has 2 aromatic rings. The molecule has 142 valence electrons. The molecule has 2 heterocycles. The molecule has 2 aliphatic rings. The zero-order valence-electron chi connectivity index (χ0n) is 15.0. The summed E-state index contributed by atoms with van der Waals surface area (Å²) in [7, 11) is -3.00. The molecule has 27 heavy (non-hydrogen) atoms. The molecule has 0 aromatic heterocycles. The van der Waals surface area contributed by atoms with Gasteiger partial charge in [-0.2, -0.15) is 0 Å². The summed E-state index contributed by atoms with van der Waals surface area (Å²) in [6.45, 7) is 0.611. The Labute approximate surface area is 158 Å². The topological polar surface area (TPSA) is 54.5 Å². The van der Waals surface area contributed by atoms with Crippen LogP contribution in [0.5, 0.6) is 0 Å². The highest BCUT2D eigenvalue weighted by atomic mass is 32.2. The first kappa shape index (κ1) is 18.2. The van der Waals surface area contributed by atoms with E-state index in [9.17, 15) is 17.6 Å². The molecule has 2 aromatic carbocycles. The average molecular weight is 387 g/mol. The van der Waals surface area contributed by atoms with Crippen molar-refractivity contribution in [3.05, 3.63) is 53.8 Å². The predicted molar refractivity (Wildman–Crippen MR) is 104 cm³/mol. The number of sulfone groups is 1. The standard InChI is InChI=1S/C21H22FNO3S/c22-19-5-1-4-16(13-19)17-6-7-20-18(12-17)8-9-23(20)21(24)11-15-3-2-10-27(25,26)14-15/h1,4-7,12-13,15H,2-3,8-11,14H2. The first-order valence-electron chi connectivity index (χ1n) is 9.31. The Hall–Kier alpha value is -2.21. The molecule has 0 spiro atoms. The Morgan fingerprint density at radius 3 is 2.74 bits per heavy atom. The summed E-state index contributed by atoms with van der Waals surface area (Å²) in [6.07, 6.45) is 2.48. The summed E-state index contributed by atoms with van der Waals surface area (Å²) in [5, 5.41) is 0. The summed E-state index contributed by atoms with van der Waals surface area (Å²) in [4.78, 5) is 14.5. The van der Waals surface area contributed by atoms with Crippen molar-refractivity contribution in [3.8, 4) is 11.1 Å². The van der Waals surface area contributed by atoms with Gasteiger partial charge in [0.15, 0.2) is 9.84 Å². The van der Waals surface area contributed by atoms with Crippen LogP contribution >= 0.6 is 0 Å². The third kappa shape index (κ3) is 3.90. The van der Waals surface area contributed by atoms with E-state index < -0.39 is 9.84 Å². The normalized spacial score (nSPS) is 21.1. The van der Waals surface area contributed by atoms with Crippen molar-refractivity contribution in [1.29, 1.82) is 0 Å². The molecule has 4 nitrogen and oxygen atoms in total. The van der Waals surface area contributed by atoms with E-state index in [1.165, 1.54) is 12.1 Å². The number of nitrogens with zero attached hydrogens (tertiary/aromatic N) is 1. The summed E-state index contributed by atoms with van der Waals surface area (Å²) >= 11 is 0. The molecule has 0 bridgehead atoms. The van der Waals surface area contributed by atoms with Gasteiger partial charge in [-0.1, -0.05) is 18.2 Å². The maximum Gasteiger partial charge on any atom is 0.227 e. The number of benzene rings is 2. The second kappa shape index (κ2) is 7.08. The summed E-state index contributed by atoms with van der Waals surface area (Å²) in [6, 6.07) is 12.3. The molecule has 2 aliphatic heterocycles. The molecule has 1 fully saturated rings. The summed E-state index contributed by atoms with van der Waals surface area (Å²) in [5.74, 6) is 0.0128. The van der Waals surface area contributed by atoms with Crippen molar-refractivity contribution in [1.82, 2.24) is 0 Å². The molecule has 0 radical (unpaired) electrons. The molecule has 4 rings (SSSR count). The van der Waals surface area contributed by atoms with Gasteiger partial charge in [0.2, 0.25) is 5.91 Å². The molecular formula is C21H22FNO3S. The van der Waals surface area contributed by atoms with Gasteiger partial charge in [0.1, 0.15) is 5.82 Å². The Kier molecular flexibility index (Phi) is 4.76. The largest absolute Gasteiger partial charge is 0.312 e. The predicted octanol–water partition coefficient (Wildman–Crippen LogP) is 3.60. The number of hydrogen-bond acceptors (Lipinski definition) is 3. The third-order valence-corrected chi connectivity index (χ3v) is 7.34. The lowest BCUT2D eigenvalue weighted by Gasteiger charge is -2.24. The van der Waals surface area contributed by atoms with Crippen LogP contribution < -0.4 is 4.90 Å². The van der Waals surface area contributed by atoms with Crippen LogP contribution in [0, 0.1) is 11.7 Å². The highest BCUT2D eigenvalue weighted by molar-refractivity contribution is 7.91. The van der Waals surface area contributed by atoms with Crippen LogP contribution in [0.2, 0.25) is 0 Å². The maximum absolute atomic E-state index is 13.5. The van der Waals surface area contributed by atoms with Gasteiger partial charge in [-0.05, 0) is 66.1 Å². The van der Waals surface area contributed by atoms with Crippen LogP contribution in [0.4, 0.5) is 10.1 Å². The fraction of sp³-hybridized carbons (Fsp3) is 0.381. The zero-order chi connectivity index (χ0) is 19.0. The number of halogens is 1. The van der Waals surface area contributed by atoms with Crippen molar-refractivity contribution in [3.63, 3.8) is 0 Å². The maximum atomic E-state index is 13.5. The molecule has 1 amide bonds. The van der Waals surface area contributed by atoms with Gasteiger partial charge in [0.05, 0.1) is 11.5 Å². The number of carbonyl (C=O) groups excluding carboxylic acids is 1. The van der Waals surface area contributed by atoms with Gasteiger partial charge in [0.25, 0.3) is 0 Å². The van der Waals surface area contributed by atoms with E-state index in [1.807, 2.05) is 24.3 Å². The fourth-order valence-electron chi connectivity index (χ4n) is 4.14. The third-order valence-electron chi connectivity index (χ3n) is 5.45. The van der Waals surface area contributed by atoms with E-state index in [1.54, 1.807) is 11.0 Å². The van der Waals surface area contributed by atoms with Crippen molar-refractivity contribution >= 4 is 21.4 Å². The highest BCUT2D eigenvalue weighted by Gasteiger charge is 2.30. The van der Waals surface area contributed by atoms with E-state index in [0.717, 1.165) is 35.2 Å². The van der Waals surface area contributed by atoms with Gasteiger partial charge in [-0.25, -0.2) is 12.8 Å². The minimum atomic E-state index is -3.00. The van der Waals surface area contributed by atoms with Crippen LogP contribution in [-0.4, -0.2) is 32.4 Å². The molecule has 6 heteroatoms. The lowest BCUT2D eigenvalue weighted by Crippen LogP contribution is -2.34. The first-order chi connectivity index (χ1) is 12.9. The number of fused-ring (bicyclic) bond motifs is 1. The molecular weight excluding hydrogens is 365 g/mol. The Bertz CT molecular complexity index is 987. The smallest absolute Gasteiger partial charge is 0.227 e. The molecule has 1 unspecified atom stereocenters. The van der Waals surface area contributed by atoms with Crippen molar-refractivity contribution in [2.75, 3.05) is 23.0 Å². The van der Waals surface area contributed by atoms with E-state index in [4.69, 9.17) is 0 Å². The van der Waals surface area contributed by atoms with Gasteiger partial charge in [0, 0.05) is 18.7 Å². The summed E-state index contributed by atoms with van der Waals surface area (Å²) in [5.41, 5.74) is 3.70. The van der Waals surface area contributed by atoms with E-state index >= 15 is 0 Å². The fourth-order valence-corrected chi connectivity index (χ4v) is 5.92. The van der Waals surface area contributed by atoms with Crippen molar-refractivity contribution < 1.29 is 17.6 Å². The van der Waals surface area contributed by atoms with Crippen molar-refractivity contribution in [2.24, 2.45) is 5.92 Å². The van der Waals surface area contributed by atoms with E-state index in [-0.39, 0.29) is 35.6 Å². The zero-order valence-corrected chi connectivity index (χ0v) is 15.8. The van der Waals surface area contributed by atoms with Crippen LogP contribution in [-0.2, 0) is 21.1 Å². The molecule has 1 atom stereocenters. The minimum Gasteiger partial charge on any atom is -0.312 e. The van der Waals surface area contributed by atoms with Crippen molar-refractivity contribution in [2.45, 2.75) is 25.7 Å². The SMILES string of the molecule is O=C(CC1CCCS(=O)(=O)C1)N1CCc2cc(-c3cccc(F)c3)ccc21. The Morgan fingerprint density at radius 1 is 1.15 bits per heavy atom. The van der Waals surface area contributed by atoms with Crippen LogP contribution in [0.25, 0.3) is 11.1 Å². The van der Waals surface area contributed by atoms with Crippen LogP contribution in [0.3, 0.4) is 0 Å². The molecule has 0 N–H and O–H groups in total. The second-order valence-corrected chi connectivity index (χ2v) is 9.70. The molecule has 0 saturated carbocycles. The number of amides is 1. The minimum absolute atomic E-state index is 0.00523. The van der Waals surface area contributed by atoms with Gasteiger partial charge < -0.3 is 4.90 Å². The highest BCUT2D eigenvalue weighted by Crippen LogP contribution is 2.34. The lowest BCUT2D eigenvalue weighted by molar-refractivity contribution is -0.119. The van der Waals surface area contributed by atoms with Gasteiger partial charge >= 0.3 is 0 Å². The lowest BCUT2D eigenvalue weighted by atomic mass is 10.00. The number of rotatable bonds is 3. The Morgan fingerprint density at radius 2 is 1.96 bits per heavy atom. The number of hydrogen-bond donors (Lipinski definition) is 0. The first-order valence-corrected chi connectivity index (χ1v) is 11.1. The Balaban J connectivity index is 1.51. The quantitative estimate of drug-likeness (QED) is 0.809. The summed E-state index contributed by atoms with van der Waals surface area (Å²) < 4.78 is 37.1. The van der Waals surface area contributed by atoms with E-state index in [2.05, 4.69) is 0 Å². The number of anilines is 1. The average Bonchev–Trinajstić information content (AvgIpc) is 3.04. The monoisotopic (exact) mass is 387 g/mol. The number of carbonyl (C=O) groups is 1. The van der Waals surface area contributed by atoms with E-state index in [0.29, 0.717) is 13.0 Å². The molecule has 0 aliphatic carbocycles. The second-order valence-electron chi connectivity index (χ2n) is 7.48. The van der Waals surface area contributed by atoms with Gasteiger partial charge in [-0.15, -0.1) is 0 Å². The van der Waals surface area contributed by atoms with Gasteiger partial charge in [-0.3, -0.25) is 4.79 Å². The van der Waals surface area contributed by atoms with Crippen LogP contribution in [0.1, 0.15) is 24.8 Å². The molecule has 1 saturated heterocycles. The van der Waals surface area contributed by atoms with Crippen LogP contribution in [0.15, 0.2) is 42.5 Å².